The monoisotopic (exact) mass is 320 g/mol. The Bertz CT molecular complexity index is 698. The SMILES string of the molecule is COC[C@H]1CCCN(c2ccnc3sc(C(N)=O)c(N)c23)C1. The Hall–Kier alpha value is -1.86. The summed E-state index contributed by atoms with van der Waals surface area (Å²) in [6.07, 6.45) is 4.05. The van der Waals surface area contributed by atoms with Crippen LogP contribution in [0.1, 0.15) is 22.5 Å². The fourth-order valence-corrected chi connectivity index (χ4v) is 4.07. The summed E-state index contributed by atoms with van der Waals surface area (Å²) in [5.74, 6) is 0.0137. The molecule has 2 aromatic heterocycles. The number of pyridine rings is 1. The van der Waals surface area contributed by atoms with Gasteiger partial charge in [-0.3, -0.25) is 4.79 Å². The van der Waals surface area contributed by atoms with Crippen LogP contribution in [0.25, 0.3) is 10.2 Å². The second-order valence-electron chi connectivity index (χ2n) is 5.63. The number of aromatic nitrogens is 1. The molecule has 1 amide bonds. The number of nitrogens with zero attached hydrogens (tertiary/aromatic N) is 2. The molecule has 6 nitrogen and oxygen atoms in total. The van der Waals surface area contributed by atoms with Crippen LogP contribution in [0.15, 0.2) is 12.3 Å². The molecule has 0 aliphatic carbocycles. The lowest BCUT2D eigenvalue weighted by Crippen LogP contribution is -2.37. The highest BCUT2D eigenvalue weighted by atomic mass is 32.1. The maximum atomic E-state index is 11.5. The molecule has 3 rings (SSSR count). The number of carbonyl (C=O) groups excluding carboxylic acids is 1. The standard InChI is InChI=1S/C15H20N4O2S/c1-21-8-9-3-2-6-19(7-9)10-4-5-18-15-11(10)12(16)13(22-15)14(17)20/h4-5,9H,2-3,6-8,16H2,1H3,(H2,17,20)/t9-/m0/s1. The number of hydrogen-bond donors (Lipinski definition) is 2. The minimum atomic E-state index is -0.498. The molecule has 0 bridgehead atoms. The van der Waals surface area contributed by atoms with E-state index in [0.29, 0.717) is 16.5 Å². The van der Waals surface area contributed by atoms with E-state index in [0.717, 1.165) is 42.0 Å². The summed E-state index contributed by atoms with van der Waals surface area (Å²) >= 11 is 1.26. The number of nitrogen functional groups attached to an aromatic ring is 1. The van der Waals surface area contributed by atoms with Crippen LogP contribution in [0, 0.1) is 5.92 Å². The summed E-state index contributed by atoms with van der Waals surface area (Å²) in [6.45, 7) is 2.66. The molecule has 1 aliphatic heterocycles. The first-order valence-electron chi connectivity index (χ1n) is 7.32. The number of fused-ring (bicyclic) bond motifs is 1. The van der Waals surface area contributed by atoms with Gasteiger partial charge in [0.1, 0.15) is 9.71 Å². The predicted octanol–water partition coefficient (Wildman–Crippen LogP) is 1.84. The number of carbonyl (C=O) groups is 1. The Labute approximate surface area is 133 Å². The summed E-state index contributed by atoms with van der Waals surface area (Å²) in [6, 6.07) is 1.96. The summed E-state index contributed by atoms with van der Waals surface area (Å²) in [5.41, 5.74) is 13.0. The highest BCUT2D eigenvalue weighted by molar-refractivity contribution is 7.21. The zero-order chi connectivity index (χ0) is 15.7. The van der Waals surface area contributed by atoms with Crippen LogP contribution in [-0.2, 0) is 4.74 Å². The molecule has 1 aliphatic rings. The molecule has 0 aromatic carbocycles. The van der Waals surface area contributed by atoms with E-state index in [1.807, 2.05) is 6.07 Å². The van der Waals surface area contributed by atoms with Crippen molar-refractivity contribution in [3.8, 4) is 0 Å². The van der Waals surface area contributed by atoms with Gasteiger partial charge in [-0.1, -0.05) is 0 Å². The highest BCUT2D eigenvalue weighted by Crippen LogP contribution is 2.39. The number of anilines is 2. The molecule has 0 spiro atoms. The van der Waals surface area contributed by atoms with E-state index in [1.54, 1.807) is 13.3 Å². The molecule has 7 heteroatoms. The van der Waals surface area contributed by atoms with Gasteiger partial charge in [-0.2, -0.15) is 0 Å². The van der Waals surface area contributed by atoms with E-state index in [1.165, 1.54) is 17.8 Å². The number of ether oxygens (including phenoxy) is 1. The van der Waals surface area contributed by atoms with Gasteiger partial charge in [-0.15, -0.1) is 11.3 Å². The van der Waals surface area contributed by atoms with Crippen LogP contribution in [0.3, 0.4) is 0 Å². The number of amides is 1. The average Bonchev–Trinajstić information content (AvgIpc) is 2.85. The molecular weight excluding hydrogens is 300 g/mol. The van der Waals surface area contributed by atoms with Crippen LogP contribution >= 0.6 is 11.3 Å². The van der Waals surface area contributed by atoms with Crippen molar-refractivity contribution in [1.82, 2.24) is 4.98 Å². The van der Waals surface area contributed by atoms with Crippen molar-refractivity contribution in [2.24, 2.45) is 11.7 Å². The topological polar surface area (TPSA) is 94.5 Å². The lowest BCUT2D eigenvalue weighted by molar-refractivity contribution is 0.100. The highest BCUT2D eigenvalue weighted by Gasteiger charge is 2.24. The van der Waals surface area contributed by atoms with Gasteiger partial charge in [-0.05, 0) is 24.8 Å². The Kier molecular flexibility index (Phi) is 4.17. The molecule has 0 unspecified atom stereocenters. The maximum Gasteiger partial charge on any atom is 0.260 e. The number of rotatable bonds is 4. The van der Waals surface area contributed by atoms with Crippen molar-refractivity contribution < 1.29 is 9.53 Å². The lowest BCUT2D eigenvalue weighted by Gasteiger charge is -2.34. The van der Waals surface area contributed by atoms with Gasteiger partial charge in [0.15, 0.2) is 0 Å². The van der Waals surface area contributed by atoms with Gasteiger partial charge in [0.25, 0.3) is 5.91 Å². The second kappa shape index (κ2) is 6.10. The van der Waals surface area contributed by atoms with Crippen molar-refractivity contribution in [3.05, 3.63) is 17.1 Å². The van der Waals surface area contributed by atoms with E-state index in [2.05, 4.69) is 9.88 Å². The van der Waals surface area contributed by atoms with Gasteiger partial charge in [0.2, 0.25) is 0 Å². The summed E-state index contributed by atoms with van der Waals surface area (Å²) in [4.78, 5) is 19.3. The average molecular weight is 320 g/mol. The number of nitrogens with two attached hydrogens (primary N) is 2. The molecule has 22 heavy (non-hydrogen) atoms. The predicted molar refractivity (Wildman–Crippen MR) is 89.4 cm³/mol. The number of piperidine rings is 1. The molecule has 3 heterocycles. The normalized spacial score (nSPS) is 18.8. The first kappa shape index (κ1) is 15.1. The van der Waals surface area contributed by atoms with Gasteiger partial charge >= 0.3 is 0 Å². The summed E-state index contributed by atoms with van der Waals surface area (Å²) < 4.78 is 5.29. The second-order valence-corrected chi connectivity index (χ2v) is 6.63. The largest absolute Gasteiger partial charge is 0.397 e. The third-order valence-corrected chi connectivity index (χ3v) is 5.22. The van der Waals surface area contributed by atoms with Crippen LogP contribution in [0.4, 0.5) is 11.4 Å². The van der Waals surface area contributed by atoms with Crippen LogP contribution in [0.2, 0.25) is 0 Å². The van der Waals surface area contributed by atoms with Crippen molar-refractivity contribution in [1.29, 1.82) is 0 Å². The molecule has 1 saturated heterocycles. The van der Waals surface area contributed by atoms with Crippen LogP contribution in [0.5, 0.6) is 0 Å². The molecule has 1 atom stereocenters. The van der Waals surface area contributed by atoms with E-state index >= 15 is 0 Å². The third-order valence-electron chi connectivity index (χ3n) is 4.09. The van der Waals surface area contributed by atoms with Crippen LogP contribution < -0.4 is 16.4 Å². The first-order chi connectivity index (χ1) is 10.6. The Morgan fingerprint density at radius 3 is 3.14 bits per heavy atom. The van der Waals surface area contributed by atoms with Crippen molar-refractivity contribution in [3.63, 3.8) is 0 Å². The molecule has 1 fully saturated rings. The van der Waals surface area contributed by atoms with E-state index < -0.39 is 5.91 Å². The minimum absolute atomic E-state index is 0.389. The minimum Gasteiger partial charge on any atom is -0.397 e. The van der Waals surface area contributed by atoms with Crippen molar-refractivity contribution in [2.45, 2.75) is 12.8 Å². The first-order valence-corrected chi connectivity index (χ1v) is 8.14. The quantitative estimate of drug-likeness (QED) is 0.896. The zero-order valence-corrected chi connectivity index (χ0v) is 13.4. The molecule has 0 saturated carbocycles. The van der Waals surface area contributed by atoms with E-state index in [4.69, 9.17) is 16.2 Å². The Morgan fingerprint density at radius 2 is 2.41 bits per heavy atom. The van der Waals surface area contributed by atoms with Gasteiger partial charge in [0, 0.05) is 26.4 Å². The third kappa shape index (κ3) is 2.62. The van der Waals surface area contributed by atoms with Gasteiger partial charge < -0.3 is 21.1 Å². The van der Waals surface area contributed by atoms with Crippen LogP contribution in [-0.4, -0.2) is 37.7 Å². The van der Waals surface area contributed by atoms with Gasteiger partial charge in [-0.25, -0.2) is 4.98 Å². The summed E-state index contributed by atoms with van der Waals surface area (Å²) in [5, 5.41) is 0.847. The number of hydrogen-bond acceptors (Lipinski definition) is 6. The number of methoxy groups -OCH3 is 1. The molecule has 118 valence electrons. The Balaban J connectivity index is 2.01. The van der Waals surface area contributed by atoms with Crippen molar-refractivity contribution >= 4 is 38.8 Å². The molecule has 0 radical (unpaired) electrons. The Morgan fingerprint density at radius 1 is 1.59 bits per heavy atom. The van der Waals surface area contributed by atoms with Crippen molar-refractivity contribution in [2.75, 3.05) is 37.4 Å². The zero-order valence-electron chi connectivity index (χ0n) is 12.5. The number of primary amides is 1. The number of thiophene rings is 1. The molecule has 4 N–H and O–H groups in total. The van der Waals surface area contributed by atoms with Gasteiger partial charge in [0.05, 0.1) is 23.4 Å². The lowest BCUT2D eigenvalue weighted by atomic mass is 9.98. The fraction of sp³-hybridized carbons (Fsp3) is 0.467. The molecular formula is C15H20N4O2S. The smallest absolute Gasteiger partial charge is 0.260 e. The van der Waals surface area contributed by atoms with E-state index in [9.17, 15) is 4.79 Å². The fourth-order valence-electron chi connectivity index (χ4n) is 3.13. The maximum absolute atomic E-state index is 11.5. The van der Waals surface area contributed by atoms with E-state index in [-0.39, 0.29) is 0 Å². The molecule has 2 aromatic rings. The summed E-state index contributed by atoms with van der Waals surface area (Å²) in [7, 11) is 1.74.